The number of carbonyl (C=O) groups excluding carboxylic acids is 1. The molecular weight excluding hydrogens is 513 g/mol. The Balaban J connectivity index is 1.51. The van der Waals surface area contributed by atoms with Gasteiger partial charge in [-0.2, -0.15) is 0 Å². The molecule has 3 aromatic carbocycles. The average molecular weight is 544 g/mol. The Morgan fingerprint density at radius 3 is 2.75 bits per heavy atom. The van der Waals surface area contributed by atoms with Crippen LogP contribution in [0.15, 0.2) is 58.4 Å². The van der Waals surface area contributed by atoms with Crippen LogP contribution in [0.2, 0.25) is 0 Å². The number of morpholine rings is 1. The van der Waals surface area contributed by atoms with Crippen molar-refractivity contribution < 1.29 is 18.7 Å². The van der Waals surface area contributed by atoms with Crippen LogP contribution >= 0.6 is 0 Å². The number of hydrogen-bond donors (Lipinski definition) is 1. The minimum absolute atomic E-state index is 0.0139. The fourth-order valence-corrected chi connectivity index (χ4v) is 5.24. The van der Waals surface area contributed by atoms with Gasteiger partial charge in [0.2, 0.25) is 5.43 Å². The van der Waals surface area contributed by atoms with E-state index in [1.165, 1.54) is 6.07 Å². The summed E-state index contributed by atoms with van der Waals surface area (Å²) in [6.07, 6.45) is 3.99. The first-order chi connectivity index (χ1) is 19.4. The molecule has 4 aromatic rings. The van der Waals surface area contributed by atoms with Gasteiger partial charge in [0.25, 0.3) is 5.91 Å². The van der Waals surface area contributed by atoms with E-state index in [4.69, 9.17) is 9.47 Å². The Morgan fingerprint density at radius 2 is 1.95 bits per heavy atom. The topological polar surface area (TPSA) is 88.4 Å². The number of ether oxygens (including phenoxy) is 2. The number of halogens is 1. The number of rotatable bonds is 7. The van der Waals surface area contributed by atoms with E-state index < -0.39 is 17.2 Å². The number of aliphatic imine (C=N–C) groups is 1. The lowest BCUT2D eigenvalue weighted by Gasteiger charge is -2.29. The molecule has 1 fully saturated rings. The third kappa shape index (κ3) is 4.54. The van der Waals surface area contributed by atoms with Gasteiger partial charge in [0.05, 0.1) is 30.6 Å². The fourth-order valence-electron chi connectivity index (χ4n) is 5.24. The summed E-state index contributed by atoms with van der Waals surface area (Å²) in [6.45, 7) is 2.61. The zero-order valence-electron chi connectivity index (χ0n) is 22.4. The molecule has 3 heterocycles. The van der Waals surface area contributed by atoms with Crippen LogP contribution < -0.4 is 15.5 Å². The normalized spacial score (nSPS) is 14.4. The van der Waals surface area contributed by atoms with E-state index in [2.05, 4.69) is 10.3 Å². The number of nitrogens with one attached hydrogen (secondary N) is 1. The molecular formula is C30H30FN5O4. The lowest BCUT2D eigenvalue weighted by atomic mass is 10.0. The molecule has 2 aliphatic heterocycles. The molecule has 6 rings (SSSR count). The molecule has 0 unspecified atom stereocenters. The summed E-state index contributed by atoms with van der Waals surface area (Å²) in [6, 6.07) is 12.8. The molecule has 1 saturated heterocycles. The molecule has 0 saturated carbocycles. The maximum atomic E-state index is 15.7. The summed E-state index contributed by atoms with van der Waals surface area (Å²) in [5, 5.41) is 5.11. The summed E-state index contributed by atoms with van der Waals surface area (Å²) < 4.78 is 29.2. The standard InChI is InChI=1S/C30H30FN5O4/c1-34(2)18-32-10-5-11-33-25-23(31)16-21-27-29(25)40-24-9-8-19-6-3-4-7-20(19)26(24)36(27)17-22(28(21)37)30(38)35-12-14-39-15-13-35/h3-4,6-9,16-18,33H,5,10-15H2,1-2H3/b32-18+. The second-order valence-corrected chi connectivity index (χ2v) is 10.1. The van der Waals surface area contributed by atoms with Crippen LogP contribution in [0.4, 0.5) is 10.1 Å². The number of anilines is 1. The molecule has 9 nitrogen and oxygen atoms in total. The summed E-state index contributed by atoms with van der Waals surface area (Å²) in [7, 11) is 3.80. The van der Waals surface area contributed by atoms with Gasteiger partial charge < -0.3 is 29.2 Å². The molecule has 0 aliphatic carbocycles. The zero-order chi connectivity index (χ0) is 27.8. The van der Waals surface area contributed by atoms with Crippen LogP contribution in [0.25, 0.3) is 27.4 Å². The predicted octanol–water partition coefficient (Wildman–Crippen LogP) is 4.25. The van der Waals surface area contributed by atoms with Crippen molar-refractivity contribution in [3.05, 3.63) is 70.3 Å². The lowest BCUT2D eigenvalue weighted by molar-refractivity contribution is 0.0302. The molecule has 0 atom stereocenters. The first kappa shape index (κ1) is 25.8. The molecule has 0 radical (unpaired) electrons. The van der Waals surface area contributed by atoms with Crippen molar-refractivity contribution in [2.24, 2.45) is 4.99 Å². The SMILES string of the molecule is CN(C)/C=N/CCCNc1c(F)cc2c(=O)c(C(=O)N3CCOCC3)cn3c2c1Oc1ccc2ccccc2c1-3. The van der Waals surface area contributed by atoms with E-state index in [0.29, 0.717) is 62.8 Å². The molecule has 0 bridgehead atoms. The number of carbonyl (C=O) groups is 1. The van der Waals surface area contributed by atoms with Gasteiger partial charge >= 0.3 is 0 Å². The van der Waals surface area contributed by atoms with Gasteiger partial charge in [0.15, 0.2) is 17.3 Å². The number of pyridine rings is 1. The van der Waals surface area contributed by atoms with Crippen molar-refractivity contribution in [3.8, 4) is 17.2 Å². The number of aromatic nitrogens is 1. The Labute approximate surface area is 230 Å². The van der Waals surface area contributed by atoms with Gasteiger partial charge in [-0.25, -0.2) is 4.39 Å². The number of nitrogens with zero attached hydrogens (tertiary/aromatic N) is 4. The number of hydrogen-bond acceptors (Lipinski definition) is 6. The first-order valence-electron chi connectivity index (χ1n) is 13.3. The monoisotopic (exact) mass is 543 g/mol. The third-order valence-corrected chi connectivity index (χ3v) is 7.12. The van der Waals surface area contributed by atoms with Gasteiger partial charge in [0, 0.05) is 51.9 Å². The molecule has 10 heteroatoms. The zero-order valence-corrected chi connectivity index (χ0v) is 22.4. The van der Waals surface area contributed by atoms with E-state index >= 15 is 4.39 Å². The van der Waals surface area contributed by atoms with Gasteiger partial charge in [-0.05, 0) is 23.9 Å². The van der Waals surface area contributed by atoms with Crippen molar-refractivity contribution >= 4 is 39.6 Å². The minimum atomic E-state index is -0.622. The van der Waals surface area contributed by atoms with Crippen LogP contribution in [0.1, 0.15) is 16.8 Å². The number of fused-ring (bicyclic) bond motifs is 4. The Morgan fingerprint density at radius 1 is 1.15 bits per heavy atom. The Hall–Kier alpha value is -4.44. The molecule has 40 heavy (non-hydrogen) atoms. The minimum Gasteiger partial charge on any atom is -0.451 e. The third-order valence-electron chi connectivity index (χ3n) is 7.12. The van der Waals surface area contributed by atoms with Crippen molar-refractivity contribution in [1.29, 1.82) is 0 Å². The number of benzene rings is 3. The van der Waals surface area contributed by atoms with E-state index in [0.717, 1.165) is 10.8 Å². The molecule has 0 spiro atoms. The van der Waals surface area contributed by atoms with E-state index in [1.54, 1.807) is 17.4 Å². The summed E-state index contributed by atoms with van der Waals surface area (Å²) in [4.78, 5) is 35.1. The van der Waals surface area contributed by atoms with Crippen LogP contribution in [0.3, 0.4) is 0 Å². The predicted molar refractivity (Wildman–Crippen MR) is 154 cm³/mol. The highest BCUT2D eigenvalue weighted by Gasteiger charge is 2.31. The van der Waals surface area contributed by atoms with Gasteiger partial charge in [-0.3, -0.25) is 14.6 Å². The van der Waals surface area contributed by atoms with E-state index in [-0.39, 0.29) is 22.4 Å². The van der Waals surface area contributed by atoms with Crippen LogP contribution in [0, 0.1) is 5.82 Å². The van der Waals surface area contributed by atoms with Crippen LogP contribution in [-0.4, -0.2) is 80.1 Å². The molecule has 1 aromatic heterocycles. The quantitative estimate of drug-likeness (QED) is 0.188. The van der Waals surface area contributed by atoms with E-state index in [1.807, 2.05) is 60.0 Å². The summed E-state index contributed by atoms with van der Waals surface area (Å²) in [5.41, 5.74) is 0.743. The molecule has 1 N–H and O–H groups in total. The van der Waals surface area contributed by atoms with Gasteiger partial charge in [-0.15, -0.1) is 0 Å². The summed E-state index contributed by atoms with van der Waals surface area (Å²) >= 11 is 0. The highest BCUT2D eigenvalue weighted by Crippen LogP contribution is 2.47. The molecule has 1 amide bonds. The second kappa shape index (κ2) is 10.6. The Bertz CT molecular complexity index is 1710. The van der Waals surface area contributed by atoms with Crippen molar-refractivity contribution in [2.45, 2.75) is 6.42 Å². The molecule has 2 aliphatic rings. The van der Waals surface area contributed by atoms with Crippen LogP contribution in [0.5, 0.6) is 11.5 Å². The van der Waals surface area contributed by atoms with Crippen LogP contribution in [-0.2, 0) is 4.74 Å². The van der Waals surface area contributed by atoms with Gasteiger partial charge in [0.1, 0.15) is 16.8 Å². The van der Waals surface area contributed by atoms with Gasteiger partial charge in [-0.1, -0.05) is 30.3 Å². The largest absolute Gasteiger partial charge is 0.451 e. The highest BCUT2D eigenvalue weighted by molar-refractivity contribution is 6.04. The van der Waals surface area contributed by atoms with Crippen molar-refractivity contribution in [1.82, 2.24) is 14.4 Å². The molecule has 206 valence electrons. The highest BCUT2D eigenvalue weighted by atomic mass is 19.1. The maximum absolute atomic E-state index is 15.7. The van der Waals surface area contributed by atoms with Crippen molar-refractivity contribution in [2.75, 3.05) is 58.8 Å². The first-order valence-corrected chi connectivity index (χ1v) is 13.3. The summed E-state index contributed by atoms with van der Waals surface area (Å²) in [5.74, 6) is -0.292. The van der Waals surface area contributed by atoms with Crippen molar-refractivity contribution in [3.63, 3.8) is 0 Å². The Kier molecular flexibility index (Phi) is 6.85. The number of amides is 1. The fraction of sp³-hybridized carbons (Fsp3) is 0.300. The smallest absolute Gasteiger partial charge is 0.259 e. The maximum Gasteiger partial charge on any atom is 0.259 e. The van der Waals surface area contributed by atoms with E-state index in [9.17, 15) is 9.59 Å². The lowest BCUT2D eigenvalue weighted by Crippen LogP contribution is -2.42. The average Bonchev–Trinajstić information content (AvgIpc) is 2.97. The second-order valence-electron chi connectivity index (χ2n) is 10.1.